The van der Waals surface area contributed by atoms with Crippen LogP contribution < -0.4 is 10.2 Å². The molecule has 2 heterocycles. The number of rotatable bonds is 4. The highest BCUT2D eigenvalue weighted by Gasteiger charge is 2.32. The summed E-state index contributed by atoms with van der Waals surface area (Å²) < 4.78 is 0. The van der Waals surface area contributed by atoms with E-state index in [0.29, 0.717) is 17.8 Å². The molecule has 1 N–H and O–H groups in total. The molecule has 1 saturated heterocycles. The molecule has 4 nitrogen and oxygen atoms in total. The van der Waals surface area contributed by atoms with Crippen molar-refractivity contribution in [2.75, 3.05) is 18.0 Å². The molecule has 0 radical (unpaired) electrons. The first-order valence-corrected chi connectivity index (χ1v) is 6.73. The van der Waals surface area contributed by atoms with Crippen molar-refractivity contribution < 1.29 is 0 Å². The van der Waals surface area contributed by atoms with E-state index in [1.54, 1.807) is 6.20 Å². The lowest BCUT2D eigenvalue weighted by Gasteiger charge is -2.28. The fourth-order valence-electron chi connectivity index (χ4n) is 2.70. The Morgan fingerprint density at radius 1 is 1.44 bits per heavy atom. The van der Waals surface area contributed by atoms with Crippen LogP contribution in [0.2, 0.25) is 0 Å². The zero-order valence-electron chi connectivity index (χ0n) is 10.5. The lowest BCUT2D eigenvalue weighted by atomic mass is 10.2. The molecule has 18 heavy (non-hydrogen) atoms. The van der Waals surface area contributed by atoms with Gasteiger partial charge in [0.25, 0.3) is 0 Å². The first-order valence-electron chi connectivity index (χ1n) is 6.73. The topological polar surface area (TPSA) is 52.0 Å². The van der Waals surface area contributed by atoms with Crippen molar-refractivity contribution in [3.05, 3.63) is 24.0 Å². The van der Waals surface area contributed by atoms with Gasteiger partial charge in [0.1, 0.15) is 6.07 Å². The Balaban J connectivity index is 1.82. The summed E-state index contributed by atoms with van der Waals surface area (Å²) in [7, 11) is 0. The van der Waals surface area contributed by atoms with Crippen LogP contribution in [0.5, 0.6) is 0 Å². The highest BCUT2D eigenvalue weighted by atomic mass is 15.2. The van der Waals surface area contributed by atoms with Crippen molar-refractivity contribution in [3.63, 3.8) is 0 Å². The molecule has 1 saturated carbocycles. The fourth-order valence-corrected chi connectivity index (χ4v) is 2.70. The van der Waals surface area contributed by atoms with Crippen LogP contribution in [0.3, 0.4) is 0 Å². The number of nitrogens with one attached hydrogen (secondary N) is 1. The van der Waals surface area contributed by atoms with Gasteiger partial charge in [-0.25, -0.2) is 4.98 Å². The molecular weight excluding hydrogens is 224 g/mol. The minimum Gasteiger partial charge on any atom is -0.365 e. The molecule has 0 amide bonds. The maximum Gasteiger partial charge on any atom is 0.163 e. The minimum absolute atomic E-state index is 0.558. The number of hydrogen-bond acceptors (Lipinski definition) is 4. The fraction of sp³-hybridized carbons (Fsp3) is 0.571. The van der Waals surface area contributed by atoms with Crippen LogP contribution in [0.15, 0.2) is 18.3 Å². The van der Waals surface area contributed by atoms with Gasteiger partial charge >= 0.3 is 0 Å². The van der Waals surface area contributed by atoms with Crippen LogP contribution in [-0.2, 0) is 0 Å². The highest BCUT2D eigenvalue weighted by molar-refractivity contribution is 5.57. The van der Waals surface area contributed by atoms with Crippen LogP contribution in [0.1, 0.15) is 31.4 Å². The summed E-state index contributed by atoms with van der Waals surface area (Å²) in [6.45, 7) is 2.13. The second kappa shape index (κ2) is 4.95. The zero-order chi connectivity index (χ0) is 12.4. The van der Waals surface area contributed by atoms with Crippen molar-refractivity contribution in [2.24, 2.45) is 0 Å². The van der Waals surface area contributed by atoms with E-state index in [9.17, 15) is 5.26 Å². The summed E-state index contributed by atoms with van der Waals surface area (Å²) in [5.74, 6) is 0. The van der Waals surface area contributed by atoms with Gasteiger partial charge in [0, 0.05) is 24.8 Å². The van der Waals surface area contributed by atoms with E-state index in [-0.39, 0.29) is 0 Å². The second-order valence-corrected chi connectivity index (χ2v) is 5.16. The summed E-state index contributed by atoms with van der Waals surface area (Å²) >= 11 is 0. The third-order valence-electron chi connectivity index (χ3n) is 3.77. The predicted molar refractivity (Wildman–Crippen MR) is 70.3 cm³/mol. The predicted octanol–water partition coefficient (Wildman–Crippen LogP) is 1.67. The van der Waals surface area contributed by atoms with Crippen molar-refractivity contribution in [3.8, 4) is 6.07 Å². The maximum absolute atomic E-state index is 9.18. The average Bonchev–Trinajstić information content (AvgIpc) is 3.13. The Morgan fingerprint density at radius 2 is 2.33 bits per heavy atom. The minimum atomic E-state index is 0.558. The van der Waals surface area contributed by atoms with Crippen LogP contribution in [0.4, 0.5) is 5.69 Å². The molecule has 94 valence electrons. The Kier molecular flexibility index (Phi) is 3.16. The lowest BCUT2D eigenvalue weighted by molar-refractivity contribution is 0.578. The standard InChI is InChI=1S/C14H18N4/c15-9-13-14(4-2-8-17-13)18(12-5-6-12)10-11-3-1-7-16-11/h2,4,8,11-12,16H,1,3,5-7,10H2. The summed E-state index contributed by atoms with van der Waals surface area (Å²) in [5.41, 5.74) is 1.57. The quantitative estimate of drug-likeness (QED) is 0.872. The van der Waals surface area contributed by atoms with E-state index in [2.05, 4.69) is 21.3 Å². The number of nitriles is 1. The second-order valence-electron chi connectivity index (χ2n) is 5.16. The molecule has 2 aliphatic rings. The summed E-state index contributed by atoms with van der Waals surface area (Å²) in [6, 6.07) is 7.34. The molecule has 1 aliphatic carbocycles. The van der Waals surface area contributed by atoms with E-state index < -0.39 is 0 Å². The van der Waals surface area contributed by atoms with Crippen molar-refractivity contribution in [1.29, 1.82) is 5.26 Å². The number of hydrogen-bond donors (Lipinski definition) is 1. The van der Waals surface area contributed by atoms with Gasteiger partial charge in [-0.3, -0.25) is 0 Å². The number of anilines is 1. The largest absolute Gasteiger partial charge is 0.365 e. The van der Waals surface area contributed by atoms with Crippen LogP contribution in [-0.4, -0.2) is 30.2 Å². The smallest absolute Gasteiger partial charge is 0.163 e. The van der Waals surface area contributed by atoms with Gasteiger partial charge in [0.05, 0.1) is 5.69 Å². The van der Waals surface area contributed by atoms with Crippen molar-refractivity contribution in [2.45, 2.75) is 37.8 Å². The van der Waals surface area contributed by atoms with E-state index >= 15 is 0 Å². The van der Waals surface area contributed by atoms with Crippen LogP contribution in [0, 0.1) is 11.3 Å². The normalized spacial score (nSPS) is 22.7. The highest BCUT2D eigenvalue weighted by Crippen LogP contribution is 2.33. The molecule has 1 aromatic rings. The summed E-state index contributed by atoms with van der Waals surface area (Å²) in [6.07, 6.45) is 6.69. The molecule has 2 fully saturated rings. The van der Waals surface area contributed by atoms with Gasteiger partial charge in [-0.15, -0.1) is 0 Å². The Morgan fingerprint density at radius 3 is 3.00 bits per heavy atom. The van der Waals surface area contributed by atoms with Crippen LogP contribution >= 0.6 is 0 Å². The van der Waals surface area contributed by atoms with Gasteiger partial charge in [-0.2, -0.15) is 5.26 Å². The third kappa shape index (κ3) is 2.32. The molecule has 0 aromatic carbocycles. The molecular formula is C14H18N4. The number of aromatic nitrogens is 1. The summed E-state index contributed by atoms with van der Waals surface area (Å²) in [5, 5.41) is 12.7. The third-order valence-corrected chi connectivity index (χ3v) is 3.77. The van der Waals surface area contributed by atoms with Crippen molar-refractivity contribution in [1.82, 2.24) is 10.3 Å². The van der Waals surface area contributed by atoms with Crippen molar-refractivity contribution >= 4 is 5.69 Å². The number of pyridine rings is 1. The van der Waals surface area contributed by atoms with E-state index in [1.807, 2.05) is 12.1 Å². The molecule has 1 aliphatic heterocycles. The van der Waals surface area contributed by atoms with Gasteiger partial charge < -0.3 is 10.2 Å². The Bertz CT molecular complexity index is 455. The van der Waals surface area contributed by atoms with Crippen LogP contribution in [0.25, 0.3) is 0 Å². The SMILES string of the molecule is N#Cc1ncccc1N(CC1CCCN1)C1CC1. The monoisotopic (exact) mass is 242 g/mol. The molecule has 0 bridgehead atoms. The van der Waals surface area contributed by atoms with Gasteiger partial charge in [-0.05, 0) is 44.4 Å². The maximum atomic E-state index is 9.18. The molecule has 1 atom stereocenters. The summed E-state index contributed by atoms with van der Waals surface area (Å²) in [4.78, 5) is 6.56. The Labute approximate surface area is 108 Å². The van der Waals surface area contributed by atoms with Gasteiger partial charge in [0.2, 0.25) is 0 Å². The number of nitrogens with zero attached hydrogens (tertiary/aromatic N) is 3. The zero-order valence-corrected chi connectivity index (χ0v) is 10.5. The van der Waals surface area contributed by atoms with E-state index in [4.69, 9.17) is 0 Å². The molecule has 0 spiro atoms. The van der Waals surface area contributed by atoms with E-state index in [0.717, 1.165) is 18.8 Å². The van der Waals surface area contributed by atoms with E-state index in [1.165, 1.54) is 25.7 Å². The molecule has 1 unspecified atom stereocenters. The molecule has 3 rings (SSSR count). The average molecular weight is 242 g/mol. The lowest BCUT2D eigenvalue weighted by Crippen LogP contribution is -2.39. The van der Waals surface area contributed by atoms with Gasteiger partial charge in [0.15, 0.2) is 5.69 Å². The first-order chi connectivity index (χ1) is 8.88. The first kappa shape index (κ1) is 11.5. The molecule has 4 heteroatoms. The Hall–Kier alpha value is -1.60. The molecule has 1 aromatic heterocycles. The van der Waals surface area contributed by atoms with Gasteiger partial charge in [-0.1, -0.05) is 0 Å².